The van der Waals surface area contributed by atoms with E-state index in [0.717, 1.165) is 5.92 Å². The van der Waals surface area contributed by atoms with Gasteiger partial charge in [0.1, 0.15) is 0 Å². The minimum absolute atomic E-state index is 0.855. The highest BCUT2D eigenvalue weighted by molar-refractivity contribution is 4.61. The molecule has 41 heavy (non-hydrogen) atoms. The average molecular weight is 578 g/mol. The lowest BCUT2D eigenvalue weighted by Gasteiger charge is -2.23. The maximum absolute atomic E-state index is 2.83. The first kappa shape index (κ1) is 41.0. The molecule has 0 saturated carbocycles. The van der Waals surface area contributed by atoms with E-state index in [1.165, 1.54) is 225 Å². The lowest BCUT2D eigenvalue weighted by Crippen LogP contribution is -2.27. The summed E-state index contributed by atoms with van der Waals surface area (Å²) in [5.74, 6) is 0.855. The molecule has 0 amide bonds. The summed E-state index contributed by atoms with van der Waals surface area (Å²) >= 11 is 0. The Labute approximate surface area is 263 Å². The summed E-state index contributed by atoms with van der Waals surface area (Å²) in [7, 11) is 0. The Bertz CT molecular complexity index is 410. The van der Waals surface area contributed by atoms with Gasteiger partial charge in [0.05, 0.1) is 0 Å². The van der Waals surface area contributed by atoms with E-state index in [1.54, 1.807) is 0 Å². The number of hydrogen-bond acceptors (Lipinski definition) is 1. The first-order chi connectivity index (χ1) is 20.2. The third kappa shape index (κ3) is 36.1. The predicted molar refractivity (Wildman–Crippen MR) is 190 cm³/mol. The molecule has 0 spiro atoms. The van der Waals surface area contributed by atoms with E-state index < -0.39 is 0 Å². The van der Waals surface area contributed by atoms with Crippen molar-refractivity contribution in [1.82, 2.24) is 4.90 Å². The van der Waals surface area contributed by atoms with E-state index in [2.05, 4.69) is 32.6 Å². The summed E-state index contributed by atoms with van der Waals surface area (Å²) in [5, 5.41) is 0. The van der Waals surface area contributed by atoms with Crippen molar-refractivity contribution >= 4 is 0 Å². The molecule has 0 aliphatic rings. The van der Waals surface area contributed by atoms with Crippen LogP contribution >= 0.6 is 0 Å². The standard InChI is InChI=1S/C40H83N/c1-5-7-9-11-13-15-17-19-21-23-25-27-29-31-33-37-41(39-35-36-40(3)4)38-34-32-30-28-26-24-22-20-18-16-14-12-10-8-6-2/h40H,5-39H2,1-4H3. The molecule has 248 valence electrons. The molecule has 0 heterocycles. The molecular weight excluding hydrogens is 494 g/mol. The van der Waals surface area contributed by atoms with Crippen LogP contribution in [0.2, 0.25) is 0 Å². The fraction of sp³-hybridized carbons (Fsp3) is 1.00. The van der Waals surface area contributed by atoms with E-state index in [4.69, 9.17) is 0 Å². The van der Waals surface area contributed by atoms with E-state index in [1.807, 2.05) is 0 Å². The van der Waals surface area contributed by atoms with Gasteiger partial charge in [-0.3, -0.25) is 0 Å². The van der Waals surface area contributed by atoms with Crippen molar-refractivity contribution in [2.45, 2.75) is 233 Å². The summed E-state index contributed by atoms with van der Waals surface area (Å²) in [4.78, 5) is 2.83. The molecule has 0 atom stereocenters. The van der Waals surface area contributed by atoms with Gasteiger partial charge in [0, 0.05) is 0 Å². The quantitative estimate of drug-likeness (QED) is 0.0669. The summed E-state index contributed by atoms with van der Waals surface area (Å²) in [6, 6.07) is 0. The molecule has 0 aliphatic heterocycles. The summed E-state index contributed by atoms with van der Waals surface area (Å²) in [6.07, 6.45) is 46.7. The maximum Gasteiger partial charge on any atom is -0.00186 e. The van der Waals surface area contributed by atoms with E-state index in [-0.39, 0.29) is 0 Å². The molecule has 0 N–H and O–H groups in total. The lowest BCUT2D eigenvalue weighted by molar-refractivity contribution is 0.251. The molecule has 0 radical (unpaired) electrons. The zero-order valence-corrected chi connectivity index (χ0v) is 29.8. The zero-order chi connectivity index (χ0) is 29.9. The first-order valence-corrected chi connectivity index (χ1v) is 19.9. The van der Waals surface area contributed by atoms with Gasteiger partial charge >= 0.3 is 0 Å². The van der Waals surface area contributed by atoms with Gasteiger partial charge in [-0.05, 0) is 51.2 Å². The molecule has 0 bridgehead atoms. The maximum atomic E-state index is 2.83. The van der Waals surface area contributed by atoms with Crippen LogP contribution in [0.15, 0.2) is 0 Å². The van der Waals surface area contributed by atoms with Crippen molar-refractivity contribution in [3.05, 3.63) is 0 Å². The lowest BCUT2D eigenvalue weighted by atomic mass is 10.0. The van der Waals surface area contributed by atoms with Crippen LogP contribution < -0.4 is 0 Å². The smallest absolute Gasteiger partial charge is 0.00186 e. The summed E-state index contributed by atoms with van der Waals surface area (Å²) < 4.78 is 0. The highest BCUT2D eigenvalue weighted by Gasteiger charge is 2.06. The van der Waals surface area contributed by atoms with Gasteiger partial charge in [0.2, 0.25) is 0 Å². The fourth-order valence-electron chi connectivity index (χ4n) is 6.47. The Morgan fingerprint density at radius 3 is 0.756 bits per heavy atom. The van der Waals surface area contributed by atoms with E-state index >= 15 is 0 Å². The largest absolute Gasteiger partial charge is 0.303 e. The average Bonchev–Trinajstić information content (AvgIpc) is 2.96. The Morgan fingerprint density at radius 2 is 0.512 bits per heavy atom. The number of unbranched alkanes of at least 4 members (excludes halogenated alkanes) is 28. The van der Waals surface area contributed by atoms with Crippen LogP contribution in [0.1, 0.15) is 233 Å². The van der Waals surface area contributed by atoms with Gasteiger partial charge in [-0.1, -0.05) is 207 Å². The fourth-order valence-corrected chi connectivity index (χ4v) is 6.47. The third-order valence-electron chi connectivity index (χ3n) is 9.41. The molecule has 1 nitrogen and oxygen atoms in total. The third-order valence-corrected chi connectivity index (χ3v) is 9.41. The highest BCUT2D eigenvalue weighted by atomic mass is 15.1. The van der Waals surface area contributed by atoms with Crippen molar-refractivity contribution in [2.24, 2.45) is 5.92 Å². The second kappa shape index (κ2) is 36.2. The van der Waals surface area contributed by atoms with Crippen LogP contribution in [0.3, 0.4) is 0 Å². The minimum Gasteiger partial charge on any atom is -0.303 e. The van der Waals surface area contributed by atoms with E-state index in [9.17, 15) is 0 Å². The van der Waals surface area contributed by atoms with Crippen LogP contribution in [-0.4, -0.2) is 24.5 Å². The van der Waals surface area contributed by atoms with Crippen molar-refractivity contribution in [3.63, 3.8) is 0 Å². The summed E-state index contributed by atoms with van der Waals surface area (Å²) in [5.41, 5.74) is 0. The van der Waals surface area contributed by atoms with Gasteiger partial charge in [-0.25, -0.2) is 0 Å². The molecule has 0 aromatic rings. The molecule has 0 unspecified atom stereocenters. The zero-order valence-electron chi connectivity index (χ0n) is 29.8. The molecular formula is C40H83N. The Morgan fingerprint density at radius 1 is 0.293 bits per heavy atom. The molecule has 0 aromatic heterocycles. The Hall–Kier alpha value is -0.0400. The second-order valence-electron chi connectivity index (χ2n) is 14.3. The van der Waals surface area contributed by atoms with Gasteiger partial charge in [0.15, 0.2) is 0 Å². The van der Waals surface area contributed by atoms with Gasteiger partial charge in [-0.2, -0.15) is 0 Å². The SMILES string of the molecule is CCCCCCCCCCCCCCCCCN(CCCCCCCCCCCCCCCCC)CCCC(C)C. The molecule has 0 rings (SSSR count). The van der Waals surface area contributed by atoms with Crippen LogP contribution in [-0.2, 0) is 0 Å². The van der Waals surface area contributed by atoms with Crippen molar-refractivity contribution in [2.75, 3.05) is 19.6 Å². The number of hydrogen-bond donors (Lipinski definition) is 0. The molecule has 0 fully saturated rings. The van der Waals surface area contributed by atoms with Crippen LogP contribution in [0.5, 0.6) is 0 Å². The molecule has 0 saturated heterocycles. The van der Waals surface area contributed by atoms with E-state index in [0.29, 0.717) is 0 Å². The van der Waals surface area contributed by atoms with Crippen molar-refractivity contribution in [1.29, 1.82) is 0 Å². The topological polar surface area (TPSA) is 3.24 Å². The van der Waals surface area contributed by atoms with Crippen LogP contribution in [0, 0.1) is 5.92 Å². The monoisotopic (exact) mass is 578 g/mol. The second-order valence-corrected chi connectivity index (χ2v) is 14.3. The molecule has 0 aliphatic carbocycles. The first-order valence-electron chi connectivity index (χ1n) is 19.9. The van der Waals surface area contributed by atoms with Crippen molar-refractivity contribution in [3.8, 4) is 0 Å². The molecule has 0 aromatic carbocycles. The van der Waals surface area contributed by atoms with Crippen LogP contribution in [0.4, 0.5) is 0 Å². The summed E-state index contributed by atoms with van der Waals surface area (Å²) in [6.45, 7) is 13.4. The highest BCUT2D eigenvalue weighted by Crippen LogP contribution is 2.16. The van der Waals surface area contributed by atoms with Gasteiger partial charge in [0.25, 0.3) is 0 Å². The van der Waals surface area contributed by atoms with Gasteiger partial charge < -0.3 is 4.90 Å². The Kier molecular flexibility index (Phi) is 36.1. The predicted octanol–water partition coefficient (Wildman–Crippen LogP) is 14.5. The normalized spacial score (nSPS) is 11.9. The van der Waals surface area contributed by atoms with Crippen LogP contribution in [0.25, 0.3) is 0 Å². The van der Waals surface area contributed by atoms with Gasteiger partial charge in [-0.15, -0.1) is 0 Å². The number of rotatable bonds is 36. The van der Waals surface area contributed by atoms with Crippen molar-refractivity contribution < 1.29 is 0 Å². The Balaban J connectivity index is 3.62. The molecule has 1 heteroatoms. The number of nitrogens with zero attached hydrogens (tertiary/aromatic N) is 1. The minimum atomic E-state index is 0.855.